The highest BCUT2D eigenvalue weighted by Crippen LogP contribution is 2.27. The van der Waals surface area contributed by atoms with Crippen LogP contribution in [0.1, 0.15) is 41.6 Å². The van der Waals surface area contributed by atoms with Gasteiger partial charge in [-0.25, -0.2) is 0 Å². The Morgan fingerprint density at radius 1 is 1.10 bits per heavy atom. The number of nitrogens with one attached hydrogen (secondary N) is 1. The fraction of sp³-hybridized carbons (Fsp3) is 0.278. The first-order valence-corrected chi connectivity index (χ1v) is 7.14. The van der Waals surface area contributed by atoms with Gasteiger partial charge in [0.05, 0.1) is 11.6 Å². The molecule has 1 unspecified atom stereocenters. The highest BCUT2D eigenvalue weighted by atomic mass is 14.9. The number of hydrogen-bond donors (Lipinski definition) is 1. The van der Waals surface area contributed by atoms with Crippen LogP contribution in [0.15, 0.2) is 42.5 Å². The number of fused-ring (bicyclic) bond motifs is 1. The fourth-order valence-electron chi connectivity index (χ4n) is 2.87. The predicted octanol–water partition coefficient (Wildman–Crippen LogP) is 4.22. The Balaban J connectivity index is 1.79. The van der Waals surface area contributed by atoms with Crippen molar-refractivity contribution >= 4 is 5.69 Å². The van der Waals surface area contributed by atoms with Gasteiger partial charge in [0.25, 0.3) is 0 Å². The highest BCUT2D eigenvalue weighted by Gasteiger charge is 2.13. The van der Waals surface area contributed by atoms with Gasteiger partial charge in [-0.1, -0.05) is 24.3 Å². The molecule has 0 amide bonds. The fourth-order valence-corrected chi connectivity index (χ4v) is 2.87. The Labute approximate surface area is 120 Å². The largest absolute Gasteiger partial charge is 0.378 e. The van der Waals surface area contributed by atoms with Crippen molar-refractivity contribution < 1.29 is 0 Å². The quantitative estimate of drug-likeness (QED) is 0.899. The molecular formula is C18H18N2. The third-order valence-corrected chi connectivity index (χ3v) is 4.00. The lowest BCUT2D eigenvalue weighted by Crippen LogP contribution is -2.07. The molecule has 0 aromatic heterocycles. The highest BCUT2D eigenvalue weighted by molar-refractivity contribution is 5.51. The maximum atomic E-state index is 8.94. The zero-order valence-corrected chi connectivity index (χ0v) is 11.7. The summed E-state index contributed by atoms with van der Waals surface area (Å²) >= 11 is 0. The summed E-state index contributed by atoms with van der Waals surface area (Å²) in [4.78, 5) is 0. The van der Waals surface area contributed by atoms with Crippen LogP contribution in [0.2, 0.25) is 0 Å². The van der Waals surface area contributed by atoms with E-state index in [0.717, 1.165) is 5.69 Å². The molecule has 1 N–H and O–H groups in total. The molecule has 0 radical (unpaired) electrons. The molecule has 0 aliphatic heterocycles. The number of hydrogen-bond acceptors (Lipinski definition) is 2. The maximum absolute atomic E-state index is 8.94. The van der Waals surface area contributed by atoms with Crippen molar-refractivity contribution in [3.8, 4) is 6.07 Å². The molecule has 100 valence electrons. The van der Waals surface area contributed by atoms with Gasteiger partial charge < -0.3 is 5.32 Å². The second-order valence-corrected chi connectivity index (χ2v) is 5.44. The van der Waals surface area contributed by atoms with Crippen LogP contribution in [0.25, 0.3) is 0 Å². The second-order valence-electron chi connectivity index (χ2n) is 5.44. The second kappa shape index (κ2) is 5.38. The minimum Gasteiger partial charge on any atom is -0.378 e. The van der Waals surface area contributed by atoms with E-state index >= 15 is 0 Å². The molecule has 3 rings (SSSR count). The van der Waals surface area contributed by atoms with Crippen molar-refractivity contribution in [2.75, 3.05) is 5.32 Å². The summed E-state index contributed by atoms with van der Waals surface area (Å²) in [5.74, 6) is 0. The molecule has 20 heavy (non-hydrogen) atoms. The number of anilines is 1. The molecule has 0 fully saturated rings. The smallest absolute Gasteiger partial charge is 0.0992 e. The Hall–Kier alpha value is -2.27. The van der Waals surface area contributed by atoms with Gasteiger partial charge in [-0.3, -0.25) is 0 Å². The molecule has 1 aliphatic carbocycles. The predicted molar refractivity (Wildman–Crippen MR) is 81.7 cm³/mol. The molecule has 0 saturated heterocycles. The van der Waals surface area contributed by atoms with Crippen molar-refractivity contribution in [1.29, 1.82) is 5.26 Å². The van der Waals surface area contributed by atoms with Gasteiger partial charge >= 0.3 is 0 Å². The number of rotatable bonds is 3. The molecule has 1 aliphatic rings. The minimum atomic E-state index is 0.245. The SMILES string of the molecule is CC(Nc1cccc(C#N)c1)c1ccc2c(c1)CCC2. The van der Waals surface area contributed by atoms with E-state index in [1.807, 2.05) is 24.3 Å². The summed E-state index contributed by atoms with van der Waals surface area (Å²) in [6, 6.07) is 16.9. The lowest BCUT2D eigenvalue weighted by Gasteiger charge is -2.17. The Morgan fingerprint density at radius 3 is 2.80 bits per heavy atom. The van der Waals surface area contributed by atoms with Crippen LogP contribution in [-0.2, 0) is 12.8 Å². The summed E-state index contributed by atoms with van der Waals surface area (Å²) in [6.45, 7) is 2.16. The Bertz CT molecular complexity index is 667. The van der Waals surface area contributed by atoms with Crippen LogP contribution in [0, 0.1) is 11.3 Å². The monoisotopic (exact) mass is 262 g/mol. The van der Waals surface area contributed by atoms with E-state index in [4.69, 9.17) is 5.26 Å². The molecule has 0 bridgehead atoms. The average Bonchev–Trinajstić information content (AvgIpc) is 2.94. The number of benzene rings is 2. The number of nitrogens with zero attached hydrogens (tertiary/aromatic N) is 1. The van der Waals surface area contributed by atoms with E-state index in [-0.39, 0.29) is 6.04 Å². The first-order chi connectivity index (χ1) is 9.76. The van der Waals surface area contributed by atoms with Gasteiger partial charge in [-0.05, 0) is 61.1 Å². The van der Waals surface area contributed by atoms with Crippen molar-refractivity contribution in [1.82, 2.24) is 0 Å². The number of nitriles is 1. The molecule has 0 heterocycles. The molecule has 2 aromatic rings. The van der Waals surface area contributed by atoms with E-state index in [2.05, 4.69) is 36.5 Å². The zero-order chi connectivity index (χ0) is 13.9. The third-order valence-electron chi connectivity index (χ3n) is 4.00. The normalized spacial score (nSPS) is 14.4. The van der Waals surface area contributed by atoms with Crippen LogP contribution < -0.4 is 5.32 Å². The third kappa shape index (κ3) is 2.53. The van der Waals surface area contributed by atoms with Gasteiger partial charge in [-0.2, -0.15) is 5.26 Å². The van der Waals surface area contributed by atoms with Crippen LogP contribution in [-0.4, -0.2) is 0 Å². The minimum absolute atomic E-state index is 0.245. The lowest BCUT2D eigenvalue weighted by atomic mass is 10.0. The van der Waals surface area contributed by atoms with Crippen molar-refractivity contribution in [3.05, 3.63) is 64.7 Å². The summed E-state index contributed by atoms with van der Waals surface area (Å²) in [7, 11) is 0. The standard InChI is InChI=1S/C18H18N2/c1-13(20-18-7-2-4-14(10-18)12-19)16-9-8-15-5-3-6-17(15)11-16/h2,4,7-11,13,20H,3,5-6H2,1H3. The molecule has 0 saturated carbocycles. The van der Waals surface area contributed by atoms with E-state index < -0.39 is 0 Å². The maximum Gasteiger partial charge on any atom is 0.0992 e. The zero-order valence-electron chi connectivity index (χ0n) is 11.7. The lowest BCUT2D eigenvalue weighted by molar-refractivity contribution is 0.879. The summed E-state index contributed by atoms with van der Waals surface area (Å²) in [6.07, 6.45) is 3.71. The topological polar surface area (TPSA) is 35.8 Å². The van der Waals surface area contributed by atoms with Crippen LogP contribution >= 0.6 is 0 Å². The Morgan fingerprint density at radius 2 is 1.95 bits per heavy atom. The van der Waals surface area contributed by atoms with Crippen molar-refractivity contribution in [2.24, 2.45) is 0 Å². The van der Waals surface area contributed by atoms with E-state index in [1.54, 1.807) is 0 Å². The van der Waals surface area contributed by atoms with Crippen molar-refractivity contribution in [2.45, 2.75) is 32.2 Å². The van der Waals surface area contributed by atoms with E-state index in [9.17, 15) is 0 Å². The molecule has 2 heteroatoms. The van der Waals surface area contributed by atoms with Gasteiger partial charge in [-0.15, -0.1) is 0 Å². The average molecular weight is 262 g/mol. The molecule has 2 nitrogen and oxygen atoms in total. The van der Waals surface area contributed by atoms with Crippen LogP contribution in [0.5, 0.6) is 0 Å². The molecule has 1 atom stereocenters. The van der Waals surface area contributed by atoms with Gasteiger partial charge in [0, 0.05) is 11.7 Å². The summed E-state index contributed by atoms with van der Waals surface area (Å²) < 4.78 is 0. The van der Waals surface area contributed by atoms with E-state index in [0.29, 0.717) is 5.56 Å². The van der Waals surface area contributed by atoms with Crippen LogP contribution in [0.4, 0.5) is 5.69 Å². The summed E-state index contributed by atoms with van der Waals surface area (Å²) in [5.41, 5.74) is 6.01. The molecule has 2 aromatic carbocycles. The molecule has 0 spiro atoms. The summed E-state index contributed by atoms with van der Waals surface area (Å²) in [5, 5.41) is 12.4. The van der Waals surface area contributed by atoms with Crippen molar-refractivity contribution in [3.63, 3.8) is 0 Å². The van der Waals surface area contributed by atoms with Crippen LogP contribution in [0.3, 0.4) is 0 Å². The molecular weight excluding hydrogens is 244 g/mol. The first kappa shape index (κ1) is 12.7. The Kier molecular flexibility index (Phi) is 3.43. The first-order valence-electron chi connectivity index (χ1n) is 7.14. The van der Waals surface area contributed by atoms with Gasteiger partial charge in [0.1, 0.15) is 0 Å². The van der Waals surface area contributed by atoms with Gasteiger partial charge in [0.2, 0.25) is 0 Å². The number of aryl methyl sites for hydroxylation is 2. The van der Waals surface area contributed by atoms with Gasteiger partial charge in [0.15, 0.2) is 0 Å². The van der Waals surface area contributed by atoms with E-state index in [1.165, 1.54) is 36.0 Å².